The molecular weight excluding hydrogens is 544 g/mol. The fraction of sp³-hybridized carbons (Fsp3) is 0.433. The highest BCUT2D eigenvalue weighted by atomic mass is 35.5. The highest BCUT2D eigenvalue weighted by Gasteiger charge is 2.19. The van der Waals surface area contributed by atoms with Crippen LogP contribution in [0.5, 0.6) is 11.5 Å². The summed E-state index contributed by atoms with van der Waals surface area (Å²) in [6.45, 7) is 11.5. The number of carboxylic acid groups (broad SMARTS) is 1. The van der Waals surface area contributed by atoms with Gasteiger partial charge in [-0.25, -0.2) is 9.78 Å². The summed E-state index contributed by atoms with van der Waals surface area (Å²) in [5, 5.41) is 13.6. The van der Waals surface area contributed by atoms with E-state index in [1.165, 1.54) is 19.2 Å². The van der Waals surface area contributed by atoms with Gasteiger partial charge in [0.15, 0.2) is 11.5 Å². The number of aryl methyl sites for hydroxylation is 1. The number of hydrogen-bond donors (Lipinski definition) is 2. The van der Waals surface area contributed by atoms with Crippen LogP contribution in [0.2, 0.25) is 5.02 Å². The molecule has 1 aromatic heterocycles. The molecule has 1 saturated heterocycles. The van der Waals surface area contributed by atoms with E-state index in [0.717, 1.165) is 55.2 Å². The smallest absolute Gasteiger partial charge is 0.413 e. The topological polar surface area (TPSA) is 103 Å². The molecule has 0 atom stereocenters. The Morgan fingerprint density at radius 1 is 1.07 bits per heavy atom. The number of rotatable bonds is 13. The van der Waals surface area contributed by atoms with Crippen molar-refractivity contribution in [1.29, 1.82) is 0 Å². The predicted molar refractivity (Wildman–Crippen MR) is 162 cm³/mol. The van der Waals surface area contributed by atoms with Gasteiger partial charge < -0.3 is 29.7 Å². The van der Waals surface area contributed by atoms with Gasteiger partial charge in [-0.05, 0) is 67.8 Å². The Hall–Kier alpha value is -3.60. The van der Waals surface area contributed by atoms with Gasteiger partial charge in [-0.2, -0.15) is 4.98 Å². The van der Waals surface area contributed by atoms with E-state index < -0.39 is 6.09 Å². The summed E-state index contributed by atoms with van der Waals surface area (Å²) < 4.78 is 11.6. The number of methoxy groups -OCH3 is 1. The van der Waals surface area contributed by atoms with Crippen LogP contribution in [0.15, 0.2) is 48.7 Å². The van der Waals surface area contributed by atoms with Crippen LogP contribution in [0.25, 0.3) is 0 Å². The lowest BCUT2D eigenvalue weighted by Gasteiger charge is -2.34. The van der Waals surface area contributed by atoms with Crippen molar-refractivity contribution in [2.75, 3.05) is 63.2 Å². The third kappa shape index (κ3) is 8.69. The van der Waals surface area contributed by atoms with Gasteiger partial charge in [0, 0.05) is 55.7 Å². The molecule has 11 heteroatoms. The zero-order chi connectivity index (χ0) is 29.2. The lowest BCUT2D eigenvalue weighted by Crippen LogP contribution is -2.46. The monoisotopic (exact) mass is 582 g/mol. The average molecular weight is 583 g/mol. The number of anilines is 3. The molecule has 41 heavy (non-hydrogen) atoms. The van der Waals surface area contributed by atoms with E-state index in [9.17, 15) is 9.90 Å². The molecular formula is C30H39ClN6O4. The first-order valence-corrected chi connectivity index (χ1v) is 14.3. The van der Waals surface area contributed by atoms with Gasteiger partial charge in [-0.15, -0.1) is 0 Å². The molecule has 1 fully saturated rings. The largest absolute Gasteiger partial charge is 0.493 e. The molecule has 0 bridgehead atoms. The number of piperazine rings is 1. The fourth-order valence-electron chi connectivity index (χ4n) is 4.80. The zero-order valence-corrected chi connectivity index (χ0v) is 24.7. The predicted octanol–water partition coefficient (Wildman–Crippen LogP) is 5.67. The first-order valence-electron chi connectivity index (χ1n) is 14.0. The van der Waals surface area contributed by atoms with E-state index in [2.05, 4.69) is 32.0 Å². The van der Waals surface area contributed by atoms with Gasteiger partial charge >= 0.3 is 6.09 Å². The molecule has 0 saturated carbocycles. The maximum Gasteiger partial charge on any atom is 0.413 e. The minimum absolute atomic E-state index is 0.104. The Balaban J connectivity index is 1.34. The Bertz CT molecular complexity index is 1300. The molecule has 2 N–H and O–H groups in total. The minimum Gasteiger partial charge on any atom is -0.493 e. The summed E-state index contributed by atoms with van der Waals surface area (Å²) in [6, 6.07) is 12.5. The van der Waals surface area contributed by atoms with Crippen molar-refractivity contribution in [3.05, 3.63) is 64.8 Å². The summed E-state index contributed by atoms with van der Waals surface area (Å²) in [7, 11) is 1.60. The van der Waals surface area contributed by atoms with Gasteiger partial charge in [0.05, 0.1) is 20.3 Å². The average Bonchev–Trinajstić information content (AvgIpc) is 2.97. The highest BCUT2D eigenvalue weighted by molar-refractivity contribution is 6.30. The molecule has 10 nitrogen and oxygen atoms in total. The normalized spacial score (nSPS) is 14.0. The summed E-state index contributed by atoms with van der Waals surface area (Å²) in [5.74, 6) is 1.75. The van der Waals surface area contributed by atoms with Crippen molar-refractivity contribution in [2.24, 2.45) is 0 Å². The first-order chi connectivity index (χ1) is 19.9. The second-order valence-electron chi connectivity index (χ2n) is 10.1. The van der Waals surface area contributed by atoms with Gasteiger partial charge in [0.25, 0.3) is 0 Å². The molecule has 0 unspecified atom stereocenters. The molecule has 1 aliphatic rings. The SMILES string of the molecule is CCCN1CCN(CCCOc2ccc(Nc3nccc(N(Cc4cc(Cl)ccc4C)C(=O)O)n3)cc2OC)CC1. The van der Waals surface area contributed by atoms with Crippen LogP contribution < -0.4 is 19.7 Å². The van der Waals surface area contributed by atoms with Gasteiger partial charge in [0.1, 0.15) is 5.82 Å². The van der Waals surface area contributed by atoms with Crippen LogP contribution in [-0.4, -0.2) is 84.0 Å². The Morgan fingerprint density at radius 3 is 2.54 bits per heavy atom. The maximum atomic E-state index is 12.1. The number of carbonyl (C=O) groups is 1. The highest BCUT2D eigenvalue weighted by Crippen LogP contribution is 2.31. The van der Waals surface area contributed by atoms with Crippen molar-refractivity contribution in [2.45, 2.75) is 33.2 Å². The Labute approximate surface area is 246 Å². The van der Waals surface area contributed by atoms with Crippen LogP contribution in [0.4, 0.5) is 22.2 Å². The van der Waals surface area contributed by atoms with E-state index >= 15 is 0 Å². The molecule has 2 heterocycles. The summed E-state index contributed by atoms with van der Waals surface area (Å²) in [4.78, 5) is 27.0. The molecule has 0 radical (unpaired) electrons. The number of amides is 1. The van der Waals surface area contributed by atoms with Crippen LogP contribution in [0.1, 0.15) is 30.9 Å². The van der Waals surface area contributed by atoms with Crippen LogP contribution in [0.3, 0.4) is 0 Å². The molecule has 1 aliphatic heterocycles. The second-order valence-corrected chi connectivity index (χ2v) is 10.5. The van der Waals surface area contributed by atoms with Gasteiger partial charge in [0.2, 0.25) is 5.95 Å². The summed E-state index contributed by atoms with van der Waals surface area (Å²) >= 11 is 6.13. The van der Waals surface area contributed by atoms with Crippen molar-refractivity contribution >= 4 is 35.1 Å². The van der Waals surface area contributed by atoms with Gasteiger partial charge in [-0.3, -0.25) is 4.90 Å². The van der Waals surface area contributed by atoms with E-state index in [-0.39, 0.29) is 18.3 Å². The molecule has 0 spiro atoms. The molecule has 0 aliphatic carbocycles. The molecule has 1 amide bonds. The maximum absolute atomic E-state index is 12.1. The van der Waals surface area contributed by atoms with Crippen molar-refractivity contribution in [1.82, 2.24) is 19.8 Å². The lowest BCUT2D eigenvalue weighted by molar-refractivity contribution is 0.126. The van der Waals surface area contributed by atoms with E-state index in [1.807, 2.05) is 31.2 Å². The minimum atomic E-state index is -1.13. The quantitative estimate of drug-likeness (QED) is 0.247. The molecule has 220 valence electrons. The number of halogens is 1. The molecule has 4 rings (SSSR count). The van der Waals surface area contributed by atoms with Crippen LogP contribution in [0, 0.1) is 6.92 Å². The number of nitrogens with one attached hydrogen (secondary N) is 1. The summed E-state index contributed by atoms with van der Waals surface area (Å²) in [6.07, 6.45) is 2.53. The first kappa shape index (κ1) is 30.4. The number of benzene rings is 2. The lowest BCUT2D eigenvalue weighted by atomic mass is 10.1. The zero-order valence-electron chi connectivity index (χ0n) is 24.0. The molecule has 3 aromatic rings. The van der Waals surface area contributed by atoms with Crippen LogP contribution in [-0.2, 0) is 6.54 Å². The third-order valence-corrected chi connectivity index (χ3v) is 7.32. The van der Waals surface area contributed by atoms with E-state index in [0.29, 0.717) is 28.8 Å². The van der Waals surface area contributed by atoms with Crippen molar-refractivity contribution < 1.29 is 19.4 Å². The van der Waals surface area contributed by atoms with Crippen molar-refractivity contribution in [3.8, 4) is 11.5 Å². The number of ether oxygens (including phenoxy) is 2. The van der Waals surface area contributed by atoms with Crippen LogP contribution >= 0.6 is 11.6 Å². The number of nitrogens with zero attached hydrogens (tertiary/aromatic N) is 5. The third-order valence-electron chi connectivity index (χ3n) is 7.09. The van der Waals surface area contributed by atoms with E-state index in [4.69, 9.17) is 21.1 Å². The fourth-order valence-corrected chi connectivity index (χ4v) is 5.00. The Kier molecular flexibility index (Phi) is 11.0. The molecule has 2 aromatic carbocycles. The van der Waals surface area contributed by atoms with Crippen molar-refractivity contribution in [3.63, 3.8) is 0 Å². The second kappa shape index (κ2) is 14.9. The Morgan fingerprint density at radius 2 is 1.83 bits per heavy atom. The van der Waals surface area contributed by atoms with E-state index in [1.54, 1.807) is 25.3 Å². The summed E-state index contributed by atoms with van der Waals surface area (Å²) in [5.41, 5.74) is 2.42. The number of aromatic nitrogens is 2. The number of hydrogen-bond acceptors (Lipinski definition) is 8. The van der Waals surface area contributed by atoms with Gasteiger partial charge in [-0.1, -0.05) is 24.6 Å². The standard InChI is InChI=1S/C30H39ClN6O4/c1-4-12-35-14-16-36(17-15-35)13-5-18-41-26-9-8-25(20-27(26)40-3)33-29-32-11-10-28(34-29)37(30(38)39)21-23-19-24(31)7-6-22(23)2/h6-11,19-20H,4-5,12-18,21H2,1-3H3,(H,38,39)(H,32,33,34).